The van der Waals surface area contributed by atoms with Gasteiger partial charge >= 0.3 is 11.9 Å². The zero-order valence-corrected chi connectivity index (χ0v) is 41.2. The maximum absolute atomic E-state index is 13.9. The highest BCUT2D eigenvalue weighted by Gasteiger charge is 2.36. The summed E-state index contributed by atoms with van der Waals surface area (Å²) in [6.45, 7) is 4.57. The van der Waals surface area contributed by atoms with Crippen molar-refractivity contribution in [3.63, 3.8) is 0 Å². The van der Waals surface area contributed by atoms with Crippen molar-refractivity contribution in [3.05, 3.63) is 18.2 Å². The van der Waals surface area contributed by atoms with E-state index in [1.807, 2.05) is 5.32 Å². The summed E-state index contributed by atoms with van der Waals surface area (Å²) < 4.78 is 0. The minimum Gasteiger partial charge on any atom is -0.481 e. The molecule has 32 nitrogen and oxygen atoms in total. The summed E-state index contributed by atoms with van der Waals surface area (Å²) in [7, 11) is 0. The Bertz CT molecular complexity index is 2160. The minimum absolute atomic E-state index is 0.243. The number of carbonyl (C=O) groups excluding carboxylic acids is 11. The smallest absolute Gasteiger partial charge is 0.328 e. The van der Waals surface area contributed by atoms with Gasteiger partial charge in [0.15, 0.2) is 6.04 Å². The lowest BCUT2D eigenvalue weighted by Crippen LogP contribution is -2.61. The molecule has 0 saturated heterocycles. The zero-order valence-electron chi connectivity index (χ0n) is 41.2. The number of hydrogen-bond donors (Lipinski definition) is 18. The van der Waals surface area contributed by atoms with E-state index >= 15 is 0 Å². The summed E-state index contributed by atoms with van der Waals surface area (Å²) in [5, 5.41) is 67.9. The normalized spacial score (nSPS) is 15.5. The number of imidazole rings is 1. The van der Waals surface area contributed by atoms with Crippen LogP contribution in [0.1, 0.15) is 78.8 Å². The number of aliphatic hydroxyl groups excluding tert-OH is 3. The number of aliphatic carboxylic acids is 2. The van der Waals surface area contributed by atoms with Crippen molar-refractivity contribution < 1.29 is 87.9 Å². The fourth-order valence-electron chi connectivity index (χ4n) is 6.35. The van der Waals surface area contributed by atoms with Crippen molar-refractivity contribution in [1.29, 1.82) is 0 Å². The number of nitrogens with one attached hydrogen (secondary N) is 10. The van der Waals surface area contributed by atoms with Crippen LogP contribution in [-0.2, 0) is 68.7 Å². The predicted molar refractivity (Wildman–Crippen MR) is 251 cm³/mol. The molecule has 0 fully saturated rings. The number of nitrogens with two attached hydrogens (primary N) is 3. The van der Waals surface area contributed by atoms with Gasteiger partial charge in [0.05, 0.1) is 25.6 Å². The Labute approximate surface area is 422 Å². The molecule has 11 amide bonds. The van der Waals surface area contributed by atoms with Gasteiger partial charge in [-0.2, -0.15) is 0 Å². The van der Waals surface area contributed by atoms with E-state index in [0.717, 1.165) is 13.8 Å². The molecule has 0 radical (unpaired) electrons. The molecule has 0 bridgehead atoms. The number of carbonyl (C=O) groups is 13. The standard InChI is InChI=1S/C42H68N14O18/c1-17(2)31(55-34(65)19(4)48-36(67)23(6-9-28(44)60)50-35(66)22(43)14-57)41(72)52-24(7-10-29(45)61)37(68)51-25(8-11-30(62)63)38(69)53-26(12-21-13-46-16-47-21)39(70)49-18(3)33(64)54-27(15-58)40(71)56-32(20(5)59)42(73)74/h13,16-20,22-27,31-32,57-59H,6-12,14-15,43H2,1-5H3,(H2,44,60)(H2,45,61)(H,46,47)(H,48,67)(H,49,70)(H,50,66)(H,51,68)(H,52,72)(H,53,69)(H,54,64)(H,55,65)(H,56,71)(H,62,63)(H,73,74)/t18-,19-,20+,22-,23-,24-,25-,26-,27-,31-,32-/m0/s1. The van der Waals surface area contributed by atoms with Crippen molar-refractivity contribution in [3.8, 4) is 0 Å². The number of hydrogen-bond acceptors (Lipinski definition) is 18. The second-order valence-electron chi connectivity index (χ2n) is 17.3. The number of primary amides is 2. The lowest BCUT2D eigenvalue weighted by Gasteiger charge is -2.28. The molecule has 74 heavy (non-hydrogen) atoms. The van der Waals surface area contributed by atoms with Crippen molar-refractivity contribution >= 4 is 76.9 Å². The third-order valence-corrected chi connectivity index (χ3v) is 10.7. The Balaban J connectivity index is 3.38. The quantitative estimate of drug-likeness (QED) is 0.0305. The van der Waals surface area contributed by atoms with Gasteiger partial charge in [-0.3, -0.25) is 57.5 Å². The summed E-state index contributed by atoms with van der Waals surface area (Å²) in [5.41, 5.74) is 16.3. The van der Waals surface area contributed by atoms with Crippen molar-refractivity contribution in [1.82, 2.24) is 57.8 Å². The van der Waals surface area contributed by atoms with E-state index in [9.17, 15) is 87.9 Å². The van der Waals surface area contributed by atoms with Crippen molar-refractivity contribution in [2.75, 3.05) is 13.2 Å². The lowest BCUT2D eigenvalue weighted by atomic mass is 10.0. The summed E-state index contributed by atoms with van der Waals surface area (Å²) in [5.74, 6) is -15.2. The number of H-pyrrole nitrogens is 1. The molecule has 0 aliphatic carbocycles. The number of aromatic nitrogens is 2. The molecule has 0 aliphatic heterocycles. The van der Waals surface area contributed by atoms with Crippen molar-refractivity contribution in [2.45, 2.75) is 146 Å². The number of aliphatic hydroxyl groups is 3. The second-order valence-corrected chi connectivity index (χ2v) is 17.3. The van der Waals surface area contributed by atoms with Crippen LogP contribution in [-0.4, -0.2) is 192 Å². The molecule has 21 N–H and O–H groups in total. The third kappa shape index (κ3) is 22.7. The molecule has 1 aromatic heterocycles. The molecule has 0 saturated carbocycles. The summed E-state index contributed by atoms with van der Waals surface area (Å²) in [4.78, 5) is 173. The largest absolute Gasteiger partial charge is 0.481 e. The van der Waals surface area contributed by atoms with E-state index in [0.29, 0.717) is 0 Å². The average Bonchev–Trinajstić information content (AvgIpc) is 3.84. The van der Waals surface area contributed by atoms with E-state index < -0.39 is 188 Å². The fourth-order valence-corrected chi connectivity index (χ4v) is 6.35. The van der Waals surface area contributed by atoms with Crippen LogP contribution >= 0.6 is 0 Å². The molecule has 11 atom stereocenters. The van der Waals surface area contributed by atoms with Gasteiger partial charge in [0.1, 0.15) is 54.4 Å². The third-order valence-electron chi connectivity index (χ3n) is 10.7. The highest BCUT2D eigenvalue weighted by molar-refractivity contribution is 5.99. The number of carboxylic acids is 2. The predicted octanol–water partition coefficient (Wildman–Crippen LogP) is -8.82. The Hall–Kier alpha value is -7.84. The van der Waals surface area contributed by atoms with Gasteiger partial charge in [0.2, 0.25) is 65.0 Å². The van der Waals surface area contributed by atoms with Gasteiger partial charge in [0.25, 0.3) is 0 Å². The van der Waals surface area contributed by atoms with Gasteiger partial charge in [0, 0.05) is 37.6 Å². The molecule has 1 rings (SSSR count). The molecular weight excluding hydrogens is 989 g/mol. The first-order valence-corrected chi connectivity index (χ1v) is 22.9. The summed E-state index contributed by atoms with van der Waals surface area (Å²) in [6.07, 6.45) is -2.56. The van der Waals surface area contributed by atoms with Crippen LogP contribution in [0.15, 0.2) is 12.5 Å². The van der Waals surface area contributed by atoms with Crippen LogP contribution in [0.5, 0.6) is 0 Å². The molecule has 0 unspecified atom stereocenters. The first-order chi connectivity index (χ1) is 34.5. The molecule has 414 valence electrons. The van der Waals surface area contributed by atoms with Gasteiger partial charge in [-0.05, 0) is 46.0 Å². The minimum atomic E-state index is -1.81. The average molecular weight is 1060 g/mol. The first kappa shape index (κ1) is 64.2. The van der Waals surface area contributed by atoms with E-state index in [1.165, 1.54) is 33.3 Å². The molecule has 0 aromatic carbocycles. The van der Waals surface area contributed by atoms with Gasteiger partial charge in [-0.25, -0.2) is 9.78 Å². The van der Waals surface area contributed by atoms with E-state index in [1.54, 1.807) is 0 Å². The first-order valence-electron chi connectivity index (χ1n) is 22.9. The van der Waals surface area contributed by atoms with Crippen LogP contribution < -0.4 is 65.1 Å². The number of rotatable bonds is 34. The number of carboxylic acid groups (broad SMARTS) is 2. The van der Waals surface area contributed by atoms with Crippen LogP contribution in [0.2, 0.25) is 0 Å². The summed E-state index contributed by atoms with van der Waals surface area (Å²) >= 11 is 0. The Morgan fingerprint density at radius 2 is 0.932 bits per heavy atom. The van der Waals surface area contributed by atoms with Crippen LogP contribution in [0.25, 0.3) is 0 Å². The monoisotopic (exact) mass is 1060 g/mol. The Kier molecular flexibility index (Phi) is 27.4. The second kappa shape index (κ2) is 31.6. The van der Waals surface area contributed by atoms with Gasteiger partial charge in [-0.1, -0.05) is 13.8 Å². The van der Waals surface area contributed by atoms with Crippen molar-refractivity contribution in [2.24, 2.45) is 23.1 Å². The summed E-state index contributed by atoms with van der Waals surface area (Å²) in [6, 6.07) is -16.0. The molecular formula is C42H68N14O18. The highest BCUT2D eigenvalue weighted by atomic mass is 16.4. The van der Waals surface area contributed by atoms with E-state index in [-0.39, 0.29) is 25.0 Å². The number of nitrogens with zero attached hydrogens (tertiary/aromatic N) is 1. The maximum Gasteiger partial charge on any atom is 0.328 e. The van der Waals surface area contributed by atoms with Gasteiger partial charge in [-0.15, -0.1) is 0 Å². The van der Waals surface area contributed by atoms with Crippen LogP contribution in [0.4, 0.5) is 0 Å². The Morgan fingerprint density at radius 1 is 0.527 bits per heavy atom. The molecule has 32 heteroatoms. The molecule has 0 spiro atoms. The van der Waals surface area contributed by atoms with E-state index in [2.05, 4.69) is 52.5 Å². The number of aromatic amines is 1. The maximum atomic E-state index is 13.9. The van der Waals surface area contributed by atoms with Crippen LogP contribution in [0.3, 0.4) is 0 Å². The fraction of sp³-hybridized carbons (Fsp3) is 0.619. The number of amides is 11. The molecule has 0 aliphatic rings. The zero-order chi connectivity index (χ0) is 56.6. The van der Waals surface area contributed by atoms with Crippen LogP contribution in [0, 0.1) is 5.92 Å². The SMILES string of the molecule is CC(C)[C@H](NC(=O)[C@H](C)NC(=O)[C@H](CCC(N)=O)NC(=O)[C@@H](N)CO)C(=O)N[C@@H](CCC(N)=O)C(=O)N[C@@H](CCC(=O)O)C(=O)N[C@@H](Cc1cnc[nH]1)C(=O)N[C@@H](C)C(=O)N[C@@H](CO)C(=O)N[C@H](C(=O)O)[C@@H](C)O. The highest BCUT2D eigenvalue weighted by Crippen LogP contribution is 2.09. The lowest BCUT2D eigenvalue weighted by molar-refractivity contribution is -0.145. The Morgan fingerprint density at radius 3 is 1.35 bits per heavy atom. The van der Waals surface area contributed by atoms with E-state index in [4.69, 9.17) is 17.2 Å². The topological polar surface area (TPSA) is 538 Å². The van der Waals surface area contributed by atoms with Gasteiger partial charge < -0.3 is 95.6 Å². The molecule has 1 aromatic rings. The molecule has 1 heterocycles.